The number of hydrogen-bond acceptors (Lipinski definition) is 5. The van der Waals surface area contributed by atoms with Gasteiger partial charge in [0.05, 0.1) is 23.1 Å². The summed E-state index contributed by atoms with van der Waals surface area (Å²) in [5.74, 6) is -0.703. The van der Waals surface area contributed by atoms with Crippen molar-refractivity contribution in [1.29, 1.82) is 5.26 Å². The second-order valence-corrected chi connectivity index (χ2v) is 9.79. The summed E-state index contributed by atoms with van der Waals surface area (Å²) in [4.78, 5) is 41.1. The molecule has 0 radical (unpaired) electrons. The highest BCUT2D eigenvalue weighted by Crippen LogP contribution is 2.53. The minimum atomic E-state index is -0.304. The Morgan fingerprint density at radius 3 is 2.39 bits per heavy atom. The van der Waals surface area contributed by atoms with E-state index in [1.807, 2.05) is 0 Å². The van der Waals surface area contributed by atoms with Crippen molar-refractivity contribution in [2.45, 2.75) is 25.7 Å². The standard InChI is InChI=1S/C24H19N3O3S/c25-11-17-16-2-1-3-18(16)31-22(17)26-21(28)12-6-8-15(9-7-12)27-23(29)19-13-4-5-14(10-13)20(19)24(27)30/h4-9,13-14,19-20H,1-3,10H2,(H,26,28)/t13-,14+,19-,20+. The predicted molar refractivity (Wildman–Crippen MR) is 116 cm³/mol. The average Bonchev–Trinajstić information content (AvgIpc) is 3.56. The molecule has 6 nitrogen and oxygen atoms in total. The minimum absolute atomic E-state index is 0.129. The number of amides is 3. The average molecular weight is 430 g/mol. The van der Waals surface area contributed by atoms with Gasteiger partial charge in [0, 0.05) is 10.4 Å². The quantitative estimate of drug-likeness (QED) is 0.595. The zero-order chi connectivity index (χ0) is 21.3. The van der Waals surface area contributed by atoms with Gasteiger partial charge >= 0.3 is 0 Å². The minimum Gasteiger partial charge on any atom is -0.312 e. The summed E-state index contributed by atoms with van der Waals surface area (Å²) in [7, 11) is 0. The van der Waals surface area contributed by atoms with E-state index in [1.165, 1.54) is 21.1 Å². The van der Waals surface area contributed by atoms with Crippen LogP contribution in [0.2, 0.25) is 0 Å². The Morgan fingerprint density at radius 2 is 1.74 bits per heavy atom. The second-order valence-electron chi connectivity index (χ2n) is 8.69. The zero-order valence-electron chi connectivity index (χ0n) is 16.6. The van der Waals surface area contributed by atoms with Gasteiger partial charge in [-0.2, -0.15) is 5.26 Å². The van der Waals surface area contributed by atoms with Crippen LogP contribution >= 0.6 is 11.3 Å². The number of carbonyl (C=O) groups excluding carboxylic acids is 3. The molecule has 3 amide bonds. The van der Waals surface area contributed by atoms with E-state index in [-0.39, 0.29) is 41.4 Å². The summed E-state index contributed by atoms with van der Waals surface area (Å²) in [6.45, 7) is 0. The van der Waals surface area contributed by atoms with Gasteiger partial charge in [0.2, 0.25) is 11.8 Å². The molecule has 1 aromatic carbocycles. The first-order valence-electron chi connectivity index (χ1n) is 10.6. The van der Waals surface area contributed by atoms with Gasteiger partial charge in [-0.1, -0.05) is 12.2 Å². The normalized spacial score (nSPS) is 27.5. The maximum absolute atomic E-state index is 12.9. The molecular formula is C24H19N3O3S. The van der Waals surface area contributed by atoms with Gasteiger partial charge < -0.3 is 5.32 Å². The Kier molecular flexibility index (Phi) is 3.96. The smallest absolute Gasteiger partial charge is 0.256 e. The lowest BCUT2D eigenvalue weighted by atomic mass is 9.85. The van der Waals surface area contributed by atoms with Gasteiger partial charge in [0.15, 0.2) is 0 Å². The first-order valence-corrected chi connectivity index (χ1v) is 11.4. The molecule has 1 aliphatic heterocycles. The molecule has 6 rings (SSSR count). The van der Waals surface area contributed by atoms with Crippen molar-refractivity contribution < 1.29 is 14.4 Å². The largest absolute Gasteiger partial charge is 0.312 e. The first kappa shape index (κ1) is 18.5. The zero-order valence-corrected chi connectivity index (χ0v) is 17.4. The Morgan fingerprint density at radius 1 is 1.06 bits per heavy atom. The Labute approximate surface area is 183 Å². The highest BCUT2D eigenvalue weighted by Gasteiger charge is 2.59. The Balaban J connectivity index is 1.22. The van der Waals surface area contributed by atoms with Crippen molar-refractivity contribution in [3.63, 3.8) is 0 Å². The van der Waals surface area contributed by atoms with E-state index in [9.17, 15) is 19.6 Å². The number of hydrogen-bond donors (Lipinski definition) is 1. The molecule has 2 fully saturated rings. The summed E-state index contributed by atoms with van der Waals surface area (Å²) in [6, 6.07) is 8.79. The van der Waals surface area contributed by atoms with Crippen LogP contribution in [0.15, 0.2) is 36.4 Å². The number of anilines is 2. The fraction of sp³-hybridized carbons (Fsp3) is 0.333. The highest BCUT2D eigenvalue weighted by atomic mass is 32.1. The molecule has 1 N–H and O–H groups in total. The summed E-state index contributed by atoms with van der Waals surface area (Å²) < 4.78 is 0. The van der Waals surface area contributed by atoms with Gasteiger partial charge in [-0.25, -0.2) is 0 Å². The van der Waals surface area contributed by atoms with Crippen LogP contribution in [0.5, 0.6) is 0 Å². The third-order valence-corrected chi connectivity index (χ3v) is 8.33. The summed E-state index contributed by atoms with van der Waals surface area (Å²) in [5, 5.41) is 13.0. The topological polar surface area (TPSA) is 90.3 Å². The molecule has 0 unspecified atom stereocenters. The molecular weight excluding hydrogens is 410 g/mol. The maximum Gasteiger partial charge on any atom is 0.256 e. The lowest BCUT2D eigenvalue weighted by molar-refractivity contribution is -0.123. The highest BCUT2D eigenvalue weighted by molar-refractivity contribution is 7.16. The Bertz CT molecular complexity index is 1190. The number of allylic oxidation sites excluding steroid dienone is 2. The van der Waals surface area contributed by atoms with Crippen molar-refractivity contribution >= 4 is 39.7 Å². The van der Waals surface area contributed by atoms with Crippen LogP contribution in [0, 0.1) is 35.0 Å². The molecule has 3 aliphatic carbocycles. The van der Waals surface area contributed by atoms with Crippen LogP contribution in [0.4, 0.5) is 10.7 Å². The van der Waals surface area contributed by atoms with Crippen LogP contribution in [0.25, 0.3) is 0 Å². The van der Waals surface area contributed by atoms with E-state index in [4.69, 9.17) is 0 Å². The van der Waals surface area contributed by atoms with Crippen LogP contribution < -0.4 is 10.2 Å². The number of thiophene rings is 1. The van der Waals surface area contributed by atoms with Crippen LogP contribution in [0.1, 0.15) is 39.2 Å². The van der Waals surface area contributed by atoms with E-state index < -0.39 is 0 Å². The van der Waals surface area contributed by atoms with Crippen molar-refractivity contribution in [2.75, 3.05) is 10.2 Å². The van der Waals surface area contributed by atoms with Gasteiger partial charge in [-0.05, 0) is 67.3 Å². The number of imide groups is 1. The lowest BCUT2D eigenvalue weighted by Crippen LogP contribution is -2.32. The summed E-state index contributed by atoms with van der Waals surface area (Å²) >= 11 is 1.48. The molecule has 7 heteroatoms. The SMILES string of the molecule is N#Cc1c(NC(=O)c2ccc(N3C(=O)[C@@H]4[C@H](C3=O)[C@@H]3C=C[C@H]4C3)cc2)sc2c1CCC2. The van der Waals surface area contributed by atoms with E-state index in [0.717, 1.165) is 31.2 Å². The van der Waals surface area contributed by atoms with Gasteiger partial charge in [-0.3, -0.25) is 19.3 Å². The number of nitrogens with one attached hydrogen (secondary N) is 1. The van der Waals surface area contributed by atoms with Crippen molar-refractivity contribution in [3.05, 3.63) is 58.0 Å². The van der Waals surface area contributed by atoms with E-state index >= 15 is 0 Å². The van der Waals surface area contributed by atoms with Crippen LogP contribution in [-0.4, -0.2) is 17.7 Å². The third kappa shape index (κ3) is 2.58. The van der Waals surface area contributed by atoms with Gasteiger partial charge in [-0.15, -0.1) is 11.3 Å². The number of rotatable bonds is 3. The molecule has 1 saturated heterocycles. The first-order chi connectivity index (χ1) is 15.1. The number of nitriles is 1. The predicted octanol–water partition coefficient (Wildman–Crippen LogP) is 3.67. The van der Waals surface area contributed by atoms with Crippen LogP contribution in [-0.2, 0) is 22.4 Å². The molecule has 154 valence electrons. The molecule has 4 atom stereocenters. The number of nitrogens with zero attached hydrogens (tertiary/aromatic N) is 2. The van der Waals surface area contributed by atoms with Gasteiger partial charge in [0.1, 0.15) is 11.1 Å². The van der Waals surface area contributed by atoms with Crippen molar-refractivity contribution in [2.24, 2.45) is 23.7 Å². The fourth-order valence-corrected chi connectivity index (χ4v) is 6.94. The Hall–Kier alpha value is -3.24. The fourth-order valence-electron chi connectivity index (χ4n) is 5.70. The molecule has 0 spiro atoms. The number of fused-ring (bicyclic) bond motifs is 6. The summed E-state index contributed by atoms with van der Waals surface area (Å²) in [5.41, 5.74) is 2.57. The number of carbonyl (C=O) groups is 3. The van der Waals surface area contributed by atoms with Crippen LogP contribution in [0.3, 0.4) is 0 Å². The molecule has 2 aromatic rings. The van der Waals surface area contributed by atoms with E-state index in [0.29, 0.717) is 21.8 Å². The lowest BCUT2D eigenvalue weighted by Gasteiger charge is -2.17. The van der Waals surface area contributed by atoms with Crippen molar-refractivity contribution in [1.82, 2.24) is 0 Å². The van der Waals surface area contributed by atoms with E-state index in [1.54, 1.807) is 24.3 Å². The van der Waals surface area contributed by atoms with Gasteiger partial charge in [0.25, 0.3) is 5.91 Å². The maximum atomic E-state index is 12.9. The monoisotopic (exact) mass is 429 g/mol. The molecule has 1 saturated carbocycles. The molecule has 1 aromatic heterocycles. The molecule has 4 aliphatic rings. The molecule has 2 heterocycles. The third-order valence-electron chi connectivity index (χ3n) is 7.12. The molecule has 2 bridgehead atoms. The number of benzene rings is 1. The second kappa shape index (κ2) is 6.63. The summed E-state index contributed by atoms with van der Waals surface area (Å²) in [6.07, 6.45) is 7.94. The number of aryl methyl sites for hydroxylation is 1. The van der Waals surface area contributed by atoms with Crippen molar-refractivity contribution in [3.8, 4) is 6.07 Å². The van der Waals surface area contributed by atoms with E-state index in [2.05, 4.69) is 23.5 Å². The molecule has 31 heavy (non-hydrogen) atoms.